The SMILES string of the molecule is CC.CC(=O)NC(Cc1cc(F)cc(F)c1)C(O)CNC1(CSCCC(C)(C)C)CC1. The van der Waals surface area contributed by atoms with Gasteiger partial charge >= 0.3 is 0 Å². The molecule has 1 aliphatic carbocycles. The van der Waals surface area contributed by atoms with Gasteiger partial charge in [0.1, 0.15) is 11.6 Å². The highest BCUT2D eigenvalue weighted by atomic mass is 32.2. The lowest BCUT2D eigenvalue weighted by Gasteiger charge is -2.27. The molecule has 7 heteroatoms. The van der Waals surface area contributed by atoms with Crippen LogP contribution in [0, 0.1) is 17.0 Å². The second-order valence-corrected chi connectivity index (χ2v) is 10.5. The van der Waals surface area contributed by atoms with E-state index in [9.17, 15) is 18.7 Å². The van der Waals surface area contributed by atoms with Crippen molar-refractivity contribution in [1.29, 1.82) is 0 Å². The fourth-order valence-electron chi connectivity index (χ4n) is 3.16. The van der Waals surface area contributed by atoms with Gasteiger partial charge in [-0.05, 0) is 54.5 Å². The van der Waals surface area contributed by atoms with Crippen molar-refractivity contribution in [2.75, 3.05) is 18.1 Å². The normalized spacial score (nSPS) is 16.7. The molecular weight excluding hydrogens is 418 g/mol. The molecule has 3 N–H and O–H groups in total. The van der Waals surface area contributed by atoms with E-state index in [2.05, 4.69) is 31.4 Å². The van der Waals surface area contributed by atoms with Crippen LogP contribution in [0.1, 0.15) is 66.4 Å². The van der Waals surface area contributed by atoms with Gasteiger partial charge in [-0.25, -0.2) is 8.78 Å². The van der Waals surface area contributed by atoms with Crippen molar-refractivity contribution >= 4 is 17.7 Å². The highest BCUT2D eigenvalue weighted by Gasteiger charge is 2.42. The fraction of sp³-hybridized carbons (Fsp3) is 0.708. The zero-order valence-electron chi connectivity index (χ0n) is 19.9. The van der Waals surface area contributed by atoms with Crippen LogP contribution >= 0.6 is 11.8 Å². The van der Waals surface area contributed by atoms with E-state index in [1.807, 2.05) is 25.6 Å². The predicted octanol–water partition coefficient (Wildman–Crippen LogP) is 4.69. The van der Waals surface area contributed by atoms with Crippen molar-refractivity contribution in [3.63, 3.8) is 0 Å². The second kappa shape index (κ2) is 12.8. The Bertz CT molecular complexity index is 670. The molecule has 1 aromatic carbocycles. The number of carbonyl (C=O) groups is 1. The van der Waals surface area contributed by atoms with Crippen LogP contribution < -0.4 is 10.6 Å². The summed E-state index contributed by atoms with van der Waals surface area (Å²) in [6.45, 7) is 12.4. The largest absolute Gasteiger partial charge is 0.390 e. The first-order chi connectivity index (χ1) is 14.5. The molecule has 1 aliphatic rings. The second-order valence-electron chi connectivity index (χ2n) is 9.38. The number of thioether (sulfide) groups is 1. The first-order valence-electron chi connectivity index (χ1n) is 11.2. The number of nitrogens with one attached hydrogen (secondary N) is 2. The number of amides is 1. The lowest BCUT2D eigenvalue weighted by Crippen LogP contribution is -2.50. The molecule has 0 aromatic heterocycles. The molecule has 0 heterocycles. The van der Waals surface area contributed by atoms with Gasteiger partial charge in [0.25, 0.3) is 0 Å². The molecule has 0 spiro atoms. The van der Waals surface area contributed by atoms with Crippen LogP contribution in [0.3, 0.4) is 0 Å². The zero-order valence-corrected chi connectivity index (χ0v) is 20.7. The van der Waals surface area contributed by atoms with E-state index in [-0.39, 0.29) is 17.9 Å². The zero-order chi connectivity index (χ0) is 23.7. The number of rotatable bonds is 11. The van der Waals surface area contributed by atoms with Crippen molar-refractivity contribution in [3.8, 4) is 0 Å². The minimum atomic E-state index is -0.859. The monoisotopic (exact) mass is 458 g/mol. The Balaban J connectivity index is 0.00000233. The Morgan fingerprint density at radius 1 is 1.19 bits per heavy atom. The van der Waals surface area contributed by atoms with Gasteiger partial charge < -0.3 is 15.7 Å². The van der Waals surface area contributed by atoms with Gasteiger partial charge in [0.15, 0.2) is 0 Å². The molecule has 1 saturated carbocycles. The molecule has 1 aromatic rings. The Kier molecular flexibility index (Phi) is 11.5. The fourth-order valence-corrected chi connectivity index (χ4v) is 4.84. The summed E-state index contributed by atoms with van der Waals surface area (Å²) < 4.78 is 26.9. The van der Waals surface area contributed by atoms with E-state index in [0.29, 0.717) is 17.5 Å². The topological polar surface area (TPSA) is 61.4 Å². The minimum absolute atomic E-state index is 0.0509. The lowest BCUT2D eigenvalue weighted by molar-refractivity contribution is -0.120. The molecule has 0 bridgehead atoms. The quantitative estimate of drug-likeness (QED) is 0.421. The molecule has 2 unspecified atom stereocenters. The first-order valence-corrected chi connectivity index (χ1v) is 12.4. The van der Waals surface area contributed by atoms with Crippen molar-refractivity contribution in [2.45, 2.75) is 84.9 Å². The highest BCUT2D eigenvalue weighted by Crippen LogP contribution is 2.39. The van der Waals surface area contributed by atoms with Crippen LogP contribution in [-0.4, -0.2) is 46.7 Å². The number of halogens is 2. The van der Waals surface area contributed by atoms with Gasteiger partial charge in [0.05, 0.1) is 12.1 Å². The van der Waals surface area contributed by atoms with Crippen LogP contribution in [0.25, 0.3) is 0 Å². The number of hydrogen-bond acceptors (Lipinski definition) is 4. The maximum Gasteiger partial charge on any atom is 0.217 e. The van der Waals surface area contributed by atoms with E-state index >= 15 is 0 Å². The third-order valence-electron chi connectivity index (χ3n) is 5.15. The first kappa shape index (κ1) is 27.9. The van der Waals surface area contributed by atoms with Gasteiger partial charge in [0, 0.05) is 30.8 Å². The molecule has 2 atom stereocenters. The molecule has 31 heavy (non-hydrogen) atoms. The molecule has 2 rings (SSSR count). The predicted molar refractivity (Wildman–Crippen MR) is 126 cm³/mol. The third-order valence-corrected chi connectivity index (χ3v) is 6.40. The van der Waals surface area contributed by atoms with E-state index < -0.39 is 23.8 Å². The number of hydrogen-bond donors (Lipinski definition) is 3. The van der Waals surface area contributed by atoms with Gasteiger partial charge in [0.2, 0.25) is 5.91 Å². The molecule has 0 saturated heterocycles. The van der Waals surface area contributed by atoms with Crippen LogP contribution in [-0.2, 0) is 11.2 Å². The van der Waals surface area contributed by atoms with Crippen LogP contribution in [0.15, 0.2) is 18.2 Å². The van der Waals surface area contributed by atoms with Gasteiger partial charge in [-0.2, -0.15) is 11.8 Å². The molecule has 0 aliphatic heterocycles. The smallest absolute Gasteiger partial charge is 0.217 e. The summed E-state index contributed by atoms with van der Waals surface area (Å²) in [5.41, 5.74) is 0.782. The number of carbonyl (C=O) groups excluding carboxylic acids is 1. The molecule has 1 amide bonds. The van der Waals surface area contributed by atoms with Gasteiger partial charge in [-0.1, -0.05) is 34.6 Å². The molecular formula is C24H40F2N2O2S. The maximum absolute atomic E-state index is 13.5. The van der Waals surface area contributed by atoms with Gasteiger partial charge in [-0.3, -0.25) is 4.79 Å². The summed E-state index contributed by atoms with van der Waals surface area (Å²) in [4.78, 5) is 11.6. The summed E-state index contributed by atoms with van der Waals surface area (Å²) in [6, 6.07) is 2.65. The number of aliphatic hydroxyl groups excluding tert-OH is 1. The van der Waals surface area contributed by atoms with E-state index in [4.69, 9.17) is 0 Å². The lowest BCUT2D eigenvalue weighted by atomic mass is 9.94. The number of benzene rings is 1. The summed E-state index contributed by atoms with van der Waals surface area (Å²) in [6.07, 6.45) is 2.60. The van der Waals surface area contributed by atoms with E-state index in [0.717, 1.165) is 36.8 Å². The molecule has 1 fully saturated rings. The standard InChI is InChI=1S/C22H34F2N2O2S.C2H6/c1-15(27)26-19(11-16-9-17(23)12-18(24)10-16)20(28)13-25-22(5-6-22)14-29-8-7-21(2,3)4;1-2/h9-10,12,19-20,25,28H,5-8,11,13-14H2,1-4H3,(H,26,27);1-2H3. The summed E-state index contributed by atoms with van der Waals surface area (Å²) >= 11 is 1.93. The van der Waals surface area contributed by atoms with Crippen LogP contribution in [0.2, 0.25) is 0 Å². The molecule has 4 nitrogen and oxygen atoms in total. The van der Waals surface area contributed by atoms with Crippen molar-refractivity contribution in [3.05, 3.63) is 35.4 Å². The Morgan fingerprint density at radius 3 is 2.26 bits per heavy atom. The summed E-state index contributed by atoms with van der Waals surface area (Å²) in [5, 5.41) is 16.8. The van der Waals surface area contributed by atoms with Crippen molar-refractivity contribution in [2.24, 2.45) is 5.41 Å². The van der Waals surface area contributed by atoms with Crippen LogP contribution in [0.4, 0.5) is 8.78 Å². The van der Waals surface area contributed by atoms with E-state index in [1.165, 1.54) is 19.1 Å². The minimum Gasteiger partial charge on any atom is -0.390 e. The maximum atomic E-state index is 13.5. The summed E-state index contributed by atoms with van der Waals surface area (Å²) in [5.74, 6) is 0.479. The Labute approximate surface area is 191 Å². The van der Waals surface area contributed by atoms with Crippen molar-refractivity contribution in [1.82, 2.24) is 10.6 Å². The highest BCUT2D eigenvalue weighted by molar-refractivity contribution is 7.99. The number of β-amino-alcohol motifs (C(OH)–C–C–N with tert-alkyl or cyclic N) is 1. The Morgan fingerprint density at radius 2 is 1.77 bits per heavy atom. The van der Waals surface area contributed by atoms with Gasteiger partial charge in [-0.15, -0.1) is 0 Å². The summed E-state index contributed by atoms with van der Waals surface area (Å²) in [7, 11) is 0. The van der Waals surface area contributed by atoms with Crippen molar-refractivity contribution < 1.29 is 18.7 Å². The molecule has 0 radical (unpaired) electrons. The average molecular weight is 459 g/mol. The average Bonchev–Trinajstić information content (AvgIpc) is 3.43. The molecule has 178 valence electrons. The third kappa shape index (κ3) is 11.3. The Hall–Kier alpha value is -1.18. The number of aliphatic hydroxyl groups is 1. The van der Waals surface area contributed by atoms with E-state index in [1.54, 1.807) is 0 Å². The van der Waals surface area contributed by atoms with Crippen LogP contribution in [0.5, 0.6) is 0 Å².